The smallest absolute Gasteiger partial charge is 0.243 e. The standard InChI is InChI=1S/C19H17F2N3O3S/c20-16-2-1-3-17(21)18(16)23-19(25)14-8-10-24(11-9-14)28(26,27)15-6-4-13(12-22)5-7-15/h1-7,14H,8-11H2,(H,23,25). The van der Waals surface area contributed by atoms with Gasteiger partial charge in [-0.05, 0) is 49.2 Å². The molecule has 0 unspecified atom stereocenters. The normalized spacial score (nSPS) is 15.8. The lowest BCUT2D eigenvalue weighted by Crippen LogP contribution is -2.41. The molecule has 3 rings (SSSR count). The number of piperidine rings is 1. The van der Waals surface area contributed by atoms with E-state index < -0.39 is 39.2 Å². The molecular formula is C19H17F2N3O3S. The summed E-state index contributed by atoms with van der Waals surface area (Å²) in [4.78, 5) is 12.4. The van der Waals surface area contributed by atoms with Crippen LogP contribution in [-0.4, -0.2) is 31.7 Å². The van der Waals surface area contributed by atoms with Crippen LogP contribution in [0.25, 0.3) is 0 Å². The molecule has 1 amide bonds. The summed E-state index contributed by atoms with van der Waals surface area (Å²) in [5.41, 5.74) is -0.144. The Hall–Kier alpha value is -2.83. The van der Waals surface area contributed by atoms with E-state index in [2.05, 4.69) is 5.32 Å². The number of amides is 1. The van der Waals surface area contributed by atoms with Gasteiger partial charge in [0.1, 0.15) is 17.3 Å². The predicted octanol–water partition coefficient (Wildman–Crippen LogP) is 2.88. The molecule has 1 aliphatic rings. The molecule has 28 heavy (non-hydrogen) atoms. The quantitative estimate of drug-likeness (QED) is 0.847. The van der Waals surface area contributed by atoms with Gasteiger partial charge in [-0.15, -0.1) is 0 Å². The fraction of sp³-hybridized carbons (Fsp3) is 0.263. The average Bonchev–Trinajstić information content (AvgIpc) is 2.71. The largest absolute Gasteiger partial charge is 0.321 e. The van der Waals surface area contributed by atoms with Gasteiger partial charge >= 0.3 is 0 Å². The lowest BCUT2D eigenvalue weighted by Gasteiger charge is -2.30. The number of benzene rings is 2. The third-order valence-electron chi connectivity index (χ3n) is 4.66. The first-order valence-electron chi connectivity index (χ1n) is 8.58. The molecular weight excluding hydrogens is 388 g/mol. The van der Waals surface area contributed by atoms with Crippen LogP contribution < -0.4 is 5.32 Å². The summed E-state index contributed by atoms with van der Waals surface area (Å²) in [7, 11) is -3.74. The zero-order valence-electron chi connectivity index (χ0n) is 14.7. The van der Waals surface area contributed by atoms with E-state index in [1.807, 2.05) is 6.07 Å². The van der Waals surface area contributed by atoms with Crippen molar-refractivity contribution < 1.29 is 22.0 Å². The van der Waals surface area contributed by atoms with Gasteiger partial charge < -0.3 is 5.32 Å². The van der Waals surface area contributed by atoms with E-state index in [9.17, 15) is 22.0 Å². The van der Waals surface area contributed by atoms with Crippen LogP contribution in [0.4, 0.5) is 14.5 Å². The van der Waals surface area contributed by atoms with Crippen molar-refractivity contribution in [2.75, 3.05) is 18.4 Å². The summed E-state index contributed by atoms with van der Waals surface area (Å²) in [6, 6.07) is 10.8. The van der Waals surface area contributed by atoms with Gasteiger partial charge in [0, 0.05) is 19.0 Å². The van der Waals surface area contributed by atoms with Crippen molar-refractivity contribution in [1.29, 1.82) is 5.26 Å². The maximum absolute atomic E-state index is 13.7. The number of carbonyl (C=O) groups excluding carboxylic acids is 1. The van der Waals surface area contributed by atoms with Crippen molar-refractivity contribution in [3.8, 4) is 6.07 Å². The number of rotatable bonds is 4. The van der Waals surface area contributed by atoms with Crippen LogP contribution in [-0.2, 0) is 14.8 Å². The number of nitrogens with one attached hydrogen (secondary N) is 1. The molecule has 0 aromatic heterocycles. The van der Waals surface area contributed by atoms with E-state index in [0.717, 1.165) is 12.1 Å². The number of halogens is 2. The molecule has 1 fully saturated rings. The van der Waals surface area contributed by atoms with Crippen molar-refractivity contribution in [2.24, 2.45) is 5.92 Å². The van der Waals surface area contributed by atoms with Crippen LogP contribution in [0.1, 0.15) is 18.4 Å². The molecule has 0 bridgehead atoms. The lowest BCUT2D eigenvalue weighted by molar-refractivity contribution is -0.121. The van der Waals surface area contributed by atoms with Crippen molar-refractivity contribution in [3.05, 3.63) is 59.7 Å². The molecule has 1 aliphatic heterocycles. The average molecular weight is 405 g/mol. The molecule has 9 heteroatoms. The minimum absolute atomic E-state index is 0.0721. The number of anilines is 1. The highest BCUT2D eigenvalue weighted by molar-refractivity contribution is 7.89. The SMILES string of the molecule is N#Cc1ccc(S(=O)(=O)N2CCC(C(=O)Nc3c(F)cccc3F)CC2)cc1. The third kappa shape index (κ3) is 4.03. The molecule has 2 aromatic carbocycles. The number of hydrogen-bond donors (Lipinski definition) is 1. The lowest BCUT2D eigenvalue weighted by atomic mass is 9.97. The van der Waals surface area contributed by atoms with Crippen molar-refractivity contribution in [3.63, 3.8) is 0 Å². The molecule has 0 atom stereocenters. The van der Waals surface area contributed by atoms with E-state index in [-0.39, 0.29) is 30.8 Å². The summed E-state index contributed by atoms with van der Waals surface area (Å²) in [6.45, 7) is 0.223. The molecule has 146 valence electrons. The van der Waals surface area contributed by atoms with Gasteiger partial charge in [-0.1, -0.05) is 6.07 Å². The number of hydrogen-bond acceptors (Lipinski definition) is 4. The summed E-state index contributed by atoms with van der Waals surface area (Å²) in [6.07, 6.45) is 0.467. The summed E-state index contributed by atoms with van der Waals surface area (Å²) >= 11 is 0. The second-order valence-electron chi connectivity index (χ2n) is 6.40. The van der Waals surface area contributed by atoms with E-state index >= 15 is 0 Å². The molecule has 1 N–H and O–H groups in total. The Kier molecular flexibility index (Phi) is 5.72. The van der Waals surface area contributed by atoms with Gasteiger partial charge in [0.15, 0.2) is 0 Å². The highest BCUT2D eigenvalue weighted by Gasteiger charge is 2.32. The second kappa shape index (κ2) is 8.04. The van der Waals surface area contributed by atoms with Gasteiger partial charge in [-0.25, -0.2) is 17.2 Å². The van der Waals surface area contributed by atoms with Gasteiger partial charge in [-0.3, -0.25) is 4.79 Å². The Morgan fingerprint density at radius 2 is 1.64 bits per heavy atom. The molecule has 6 nitrogen and oxygen atoms in total. The van der Waals surface area contributed by atoms with Crippen LogP contribution in [0.15, 0.2) is 47.4 Å². The molecule has 1 heterocycles. The van der Waals surface area contributed by atoms with Crippen LogP contribution in [0.3, 0.4) is 0 Å². The van der Waals surface area contributed by atoms with Crippen LogP contribution in [0, 0.1) is 28.9 Å². The molecule has 2 aromatic rings. The molecule has 0 radical (unpaired) electrons. The number of para-hydroxylation sites is 1. The number of nitrogens with zero attached hydrogens (tertiary/aromatic N) is 2. The van der Waals surface area contributed by atoms with Crippen LogP contribution >= 0.6 is 0 Å². The summed E-state index contributed by atoms with van der Waals surface area (Å²) in [5.74, 6) is -2.82. The first kappa shape index (κ1) is 19.9. The van der Waals surface area contributed by atoms with Crippen molar-refractivity contribution in [1.82, 2.24) is 4.31 Å². The highest BCUT2D eigenvalue weighted by Crippen LogP contribution is 2.26. The zero-order chi connectivity index (χ0) is 20.3. The number of carbonyl (C=O) groups is 1. The zero-order valence-corrected chi connectivity index (χ0v) is 15.5. The Bertz CT molecular complexity index is 1010. The van der Waals surface area contributed by atoms with Crippen LogP contribution in [0.5, 0.6) is 0 Å². The molecule has 0 spiro atoms. The fourth-order valence-corrected chi connectivity index (χ4v) is 4.52. The van der Waals surface area contributed by atoms with E-state index in [1.54, 1.807) is 0 Å². The number of nitriles is 1. The third-order valence-corrected chi connectivity index (χ3v) is 6.57. The van der Waals surface area contributed by atoms with Gasteiger partial charge in [0.25, 0.3) is 0 Å². The molecule has 0 saturated carbocycles. The minimum Gasteiger partial charge on any atom is -0.321 e. The Labute approximate surface area is 161 Å². The Balaban J connectivity index is 1.65. The Morgan fingerprint density at radius 1 is 1.07 bits per heavy atom. The molecule has 1 saturated heterocycles. The van der Waals surface area contributed by atoms with Crippen molar-refractivity contribution in [2.45, 2.75) is 17.7 Å². The monoisotopic (exact) mass is 405 g/mol. The highest BCUT2D eigenvalue weighted by atomic mass is 32.2. The van der Waals surface area contributed by atoms with E-state index in [0.29, 0.717) is 5.56 Å². The minimum atomic E-state index is -3.74. The maximum Gasteiger partial charge on any atom is 0.243 e. The first-order valence-corrected chi connectivity index (χ1v) is 10.0. The predicted molar refractivity (Wildman–Crippen MR) is 97.6 cm³/mol. The van der Waals surface area contributed by atoms with E-state index in [4.69, 9.17) is 5.26 Å². The van der Waals surface area contributed by atoms with Crippen LogP contribution in [0.2, 0.25) is 0 Å². The summed E-state index contributed by atoms with van der Waals surface area (Å²) < 4.78 is 54.0. The topological polar surface area (TPSA) is 90.3 Å². The number of sulfonamides is 1. The first-order chi connectivity index (χ1) is 13.3. The van der Waals surface area contributed by atoms with Gasteiger partial charge in [0.2, 0.25) is 15.9 Å². The Morgan fingerprint density at radius 3 is 2.18 bits per heavy atom. The second-order valence-corrected chi connectivity index (χ2v) is 8.34. The molecule has 0 aliphatic carbocycles. The summed E-state index contributed by atoms with van der Waals surface area (Å²) in [5, 5.41) is 11.1. The van der Waals surface area contributed by atoms with Gasteiger partial charge in [-0.2, -0.15) is 9.57 Å². The van der Waals surface area contributed by atoms with Crippen molar-refractivity contribution >= 4 is 21.6 Å². The maximum atomic E-state index is 13.7. The van der Waals surface area contributed by atoms with E-state index in [1.165, 1.54) is 34.6 Å². The fourth-order valence-electron chi connectivity index (χ4n) is 3.05. The van der Waals surface area contributed by atoms with Gasteiger partial charge in [0.05, 0.1) is 16.5 Å².